The Bertz CT molecular complexity index is 404. The minimum Gasteiger partial charge on any atom is -0.395 e. The van der Waals surface area contributed by atoms with E-state index < -0.39 is 4.92 Å². The summed E-state index contributed by atoms with van der Waals surface area (Å²) in [6, 6.07) is 4.75. The predicted molar refractivity (Wildman–Crippen MR) is 70.2 cm³/mol. The molecule has 0 aliphatic rings. The van der Waals surface area contributed by atoms with Crippen molar-refractivity contribution in [3.05, 3.63) is 33.9 Å². The third-order valence-corrected chi connectivity index (χ3v) is 2.65. The van der Waals surface area contributed by atoms with Gasteiger partial charge in [-0.05, 0) is 24.6 Å². The Morgan fingerprint density at radius 2 is 2.17 bits per heavy atom. The van der Waals surface area contributed by atoms with E-state index in [1.165, 1.54) is 6.07 Å². The zero-order valence-corrected chi connectivity index (χ0v) is 10.5. The van der Waals surface area contributed by atoms with Crippen LogP contribution in [-0.4, -0.2) is 34.6 Å². The summed E-state index contributed by atoms with van der Waals surface area (Å²) in [6.45, 7) is 4.26. The van der Waals surface area contributed by atoms with Crippen molar-refractivity contribution >= 4 is 11.4 Å². The van der Waals surface area contributed by atoms with Crippen molar-refractivity contribution in [2.45, 2.75) is 19.9 Å². The fourth-order valence-electron chi connectivity index (χ4n) is 1.85. The Kier molecular flexibility index (Phi) is 5.54. The van der Waals surface area contributed by atoms with Crippen LogP contribution in [0.3, 0.4) is 0 Å². The van der Waals surface area contributed by atoms with E-state index in [4.69, 9.17) is 10.8 Å². The van der Waals surface area contributed by atoms with Gasteiger partial charge in [0, 0.05) is 19.2 Å². The van der Waals surface area contributed by atoms with Crippen LogP contribution in [0.25, 0.3) is 0 Å². The fraction of sp³-hybridized carbons (Fsp3) is 0.500. The first-order chi connectivity index (χ1) is 8.58. The highest BCUT2D eigenvalue weighted by Crippen LogP contribution is 2.22. The average Bonchev–Trinajstić information content (AvgIpc) is 2.29. The Morgan fingerprint density at radius 3 is 2.67 bits per heavy atom. The molecule has 0 saturated heterocycles. The molecule has 0 spiro atoms. The summed E-state index contributed by atoms with van der Waals surface area (Å²) in [6.07, 6.45) is 0.989. The van der Waals surface area contributed by atoms with Gasteiger partial charge in [0.1, 0.15) is 5.69 Å². The predicted octanol–water partition coefficient (Wildman–Crippen LogP) is 1.38. The molecule has 0 unspecified atom stereocenters. The van der Waals surface area contributed by atoms with E-state index >= 15 is 0 Å². The summed E-state index contributed by atoms with van der Waals surface area (Å²) < 4.78 is 0. The number of rotatable bonds is 7. The molecule has 0 radical (unpaired) electrons. The topological polar surface area (TPSA) is 92.6 Å². The van der Waals surface area contributed by atoms with Crippen molar-refractivity contribution in [1.82, 2.24) is 4.90 Å². The number of hydrogen-bond donors (Lipinski definition) is 2. The van der Waals surface area contributed by atoms with Crippen LogP contribution in [-0.2, 0) is 6.54 Å². The number of hydrogen-bond acceptors (Lipinski definition) is 5. The summed E-state index contributed by atoms with van der Waals surface area (Å²) in [5.41, 5.74) is 6.66. The molecule has 0 atom stereocenters. The highest BCUT2D eigenvalue weighted by molar-refractivity contribution is 5.59. The van der Waals surface area contributed by atoms with Crippen LogP contribution >= 0.6 is 0 Å². The van der Waals surface area contributed by atoms with Gasteiger partial charge in [-0.15, -0.1) is 0 Å². The largest absolute Gasteiger partial charge is 0.395 e. The van der Waals surface area contributed by atoms with E-state index in [1.54, 1.807) is 12.1 Å². The first-order valence-electron chi connectivity index (χ1n) is 5.94. The molecule has 1 aromatic carbocycles. The minimum absolute atomic E-state index is 0.0667. The molecule has 1 aromatic rings. The molecule has 0 aliphatic carbocycles. The first-order valence-corrected chi connectivity index (χ1v) is 5.94. The van der Waals surface area contributed by atoms with Gasteiger partial charge in [0.2, 0.25) is 0 Å². The average molecular weight is 253 g/mol. The van der Waals surface area contributed by atoms with Crippen molar-refractivity contribution in [1.29, 1.82) is 0 Å². The van der Waals surface area contributed by atoms with Crippen LogP contribution in [0.1, 0.15) is 18.9 Å². The third-order valence-electron chi connectivity index (χ3n) is 2.65. The fourth-order valence-corrected chi connectivity index (χ4v) is 1.85. The number of aliphatic hydroxyl groups excluding tert-OH is 1. The first kappa shape index (κ1) is 14.4. The standard InChI is InChI=1S/C12H19N3O3/c1-2-5-14(6-7-16)9-10-3-4-12(15(17)18)11(13)8-10/h3-4,8,16H,2,5-7,9,13H2,1H3. The molecule has 1 rings (SSSR count). The van der Waals surface area contributed by atoms with Crippen LogP contribution in [0, 0.1) is 10.1 Å². The number of nitrogens with two attached hydrogens (primary N) is 1. The molecule has 0 amide bonds. The van der Waals surface area contributed by atoms with Gasteiger partial charge in [-0.2, -0.15) is 0 Å². The Hall–Kier alpha value is -1.66. The molecule has 0 fully saturated rings. The lowest BCUT2D eigenvalue weighted by Crippen LogP contribution is -2.27. The molecule has 100 valence electrons. The lowest BCUT2D eigenvalue weighted by Gasteiger charge is -2.20. The summed E-state index contributed by atoms with van der Waals surface area (Å²) in [5.74, 6) is 0. The van der Waals surface area contributed by atoms with E-state index in [1.807, 2.05) is 0 Å². The van der Waals surface area contributed by atoms with E-state index in [0.29, 0.717) is 13.1 Å². The minimum atomic E-state index is -0.489. The molecular formula is C12H19N3O3. The van der Waals surface area contributed by atoms with Crippen molar-refractivity contribution in [3.8, 4) is 0 Å². The maximum atomic E-state index is 10.6. The third kappa shape index (κ3) is 3.97. The molecule has 18 heavy (non-hydrogen) atoms. The quantitative estimate of drug-likeness (QED) is 0.435. The molecule has 0 aromatic heterocycles. The van der Waals surface area contributed by atoms with Crippen LogP contribution in [0.5, 0.6) is 0 Å². The van der Waals surface area contributed by atoms with Crippen molar-refractivity contribution in [2.75, 3.05) is 25.4 Å². The van der Waals surface area contributed by atoms with Crippen LogP contribution in [0.2, 0.25) is 0 Å². The van der Waals surface area contributed by atoms with Crippen molar-refractivity contribution < 1.29 is 10.0 Å². The normalized spacial score (nSPS) is 10.8. The van der Waals surface area contributed by atoms with Gasteiger partial charge >= 0.3 is 0 Å². The number of anilines is 1. The highest BCUT2D eigenvalue weighted by atomic mass is 16.6. The Labute approximate surface area is 106 Å². The zero-order valence-electron chi connectivity index (χ0n) is 10.5. The molecule has 0 saturated carbocycles. The second-order valence-electron chi connectivity index (χ2n) is 4.15. The summed E-state index contributed by atoms with van der Waals surface area (Å²) >= 11 is 0. The van der Waals surface area contributed by atoms with E-state index in [9.17, 15) is 10.1 Å². The maximum absolute atomic E-state index is 10.6. The SMILES string of the molecule is CCCN(CCO)Cc1ccc([N+](=O)[O-])c(N)c1. The Balaban J connectivity index is 2.77. The molecule has 0 bridgehead atoms. The smallest absolute Gasteiger partial charge is 0.292 e. The molecule has 6 nitrogen and oxygen atoms in total. The molecular weight excluding hydrogens is 234 g/mol. The van der Waals surface area contributed by atoms with Gasteiger partial charge in [0.25, 0.3) is 5.69 Å². The highest BCUT2D eigenvalue weighted by Gasteiger charge is 2.12. The van der Waals surface area contributed by atoms with Gasteiger partial charge < -0.3 is 10.8 Å². The summed E-state index contributed by atoms with van der Waals surface area (Å²) in [4.78, 5) is 12.2. The van der Waals surface area contributed by atoms with E-state index in [-0.39, 0.29) is 18.0 Å². The van der Waals surface area contributed by atoms with Gasteiger partial charge in [-0.3, -0.25) is 15.0 Å². The molecule has 0 aliphatic heterocycles. The number of nitro benzene ring substituents is 1. The summed E-state index contributed by atoms with van der Waals surface area (Å²) in [5, 5.41) is 19.6. The van der Waals surface area contributed by atoms with Gasteiger partial charge in [-0.25, -0.2) is 0 Å². The maximum Gasteiger partial charge on any atom is 0.292 e. The van der Waals surface area contributed by atoms with Crippen LogP contribution in [0.15, 0.2) is 18.2 Å². The van der Waals surface area contributed by atoms with Gasteiger partial charge in [0.05, 0.1) is 11.5 Å². The van der Waals surface area contributed by atoms with E-state index in [2.05, 4.69) is 11.8 Å². The number of benzene rings is 1. The zero-order chi connectivity index (χ0) is 13.5. The monoisotopic (exact) mass is 253 g/mol. The number of nitrogen functional groups attached to an aromatic ring is 1. The van der Waals surface area contributed by atoms with Gasteiger partial charge in [-0.1, -0.05) is 13.0 Å². The molecule has 0 heterocycles. The van der Waals surface area contributed by atoms with Gasteiger partial charge in [0.15, 0.2) is 0 Å². The summed E-state index contributed by atoms with van der Waals surface area (Å²) in [7, 11) is 0. The van der Waals surface area contributed by atoms with Crippen molar-refractivity contribution in [2.24, 2.45) is 0 Å². The van der Waals surface area contributed by atoms with E-state index in [0.717, 1.165) is 18.5 Å². The second-order valence-corrected chi connectivity index (χ2v) is 4.15. The Morgan fingerprint density at radius 1 is 1.44 bits per heavy atom. The molecule has 6 heteroatoms. The van der Waals surface area contributed by atoms with Crippen LogP contribution < -0.4 is 5.73 Å². The molecule has 3 N–H and O–H groups in total. The van der Waals surface area contributed by atoms with Crippen molar-refractivity contribution in [3.63, 3.8) is 0 Å². The lowest BCUT2D eigenvalue weighted by atomic mass is 10.1. The number of nitro groups is 1. The number of nitrogens with zero attached hydrogens (tertiary/aromatic N) is 2. The lowest BCUT2D eigenvalue weighted by molar-refractivity contribution is -0.383. The van der Waals surface area contributed by atoms with Crippen LogP contribution in [0.4, 0.5) is 11.4 Å². The second kappa shape index (κ2) is 6.93. The number of aliphatic hydroxyl groups is 1.